The van der Waals surface area contributed by atoms with Gasteiger partial charge in [-0.2, -0.15) is 5.06 Å². The van der Waals surface area contributed by atoms with Crippen molar-refractivity contribution in [2.75, 3.05) is 11.6 Å². The summed E-state index contributed by atoms with van der Waals surface area (Å²) in [4.78, 5) is 29.1. The standard InChI is InChI=1S/C29H26N2O5/c1-20-26(31(19-32)35-18-15-21-5-3-2-4-6-21)27(36-30-20)24-9-7-22(8-10-24)23-11-13-25(14-12-23)29(16-17-29)28(33)34/h2-14,19H,15-18H2,1H3,(H,33,34)/i2D,3D,4D,5D,6D,15D2,18D2. The summed E-state index contributed by atoms with van der Waals surface area (Å²) in [5.74, 6) is -0.859. The number of hydrogen-bond donors (Lipinski definition) is 1. The lowest BCUT2D eigenvalue weighted by Gasteiger charge is -2.17. The van der Waals surface area contributed by atoms with Crippen LogP contribution in [0.4, 0.5) is 5.69 Å². The molecule has 1 amide bonds. The third kappa shape index (κ3) is 4.53. The van der Waals surface area contributed by atoms with Crippen molar-refractivity contribution in [2.24, 2.45) is 0 Å². The van der Waals surface area contributed by atoms with Crippen molar-refractivity contribution >= 4 is 18.1 Å². The summed E-state index contributed by atoms with van der Waals surface area (Å²) >= 11 is 0. The van der Waals surface area contributed by atoms with Gasteiger partial charge in [0.2, 0.25) is 6.41 Å². The lowest BCUT2D eigenvalue weighted by Crippen LogP contribution is -2.23. The van der Waals surface area contributed by atoms with Gasteiger partial charge in [-0.15, -0.1) is 0 Å². The van der Waals surface area contributed by atoms with E-state index in [1.807, 2.05) is 12.1 Å². The minimum Gasteiger partial charge on any atom is -0.481 e. The second-order valence-electron chi connectivity index (χ2n) is 8.24. The van der Waals surface area contributed by atoms with E-state index < -0.39 is 60.1 Å². The van der Waals surface area contributed by atoms with Crippen molar-refractivity contribution in [2.45, 2.75) is 31.6 Å². The molecule has 1 heterocycles. The van der Waals surface area contributed by atoms with E-state index in [2.05, 4.69) is 5.16 Å². The molecule has 0 bridgehead atoms. The Morgan fingerprint density at radius 3 is 2.31 bits per heavy atom. The molecule has 36 heavy (non-hydrogen) atoms. The SMILES string of the molecule is [2H]c1c([2H])c([2H])c(C([2H])([2H])C([2H])([2H])ON(C=O)c2c(C)noc2-c2ccc(-c3ccc(C4(C(=O)O)CC4)cc3)cc2)c([2H])c1[2H]. The second-order valence-corrected chi connectivity index (χ2v) is 8.24. The Hall–Kier alpha value is -4.23. The van der Waals surface area contributed by atoms with Gasteiger partial charge in [0.1, 0.15) is 11.4 Å². The number of carboxylic acid groups (broad SMARTS) is 1. The maximum Gasteiger partial charge on any atom is 0.314 e. The van der Waals surface area contributed by atoms with Crippen molar-refractivity contribution in [3.8, 4) is 22.5 Å². The van der Waals surface area contributed by atoms with Crippen molar-refractivity contribution in [3.05, 3.63) is 95.6 Å². The number of rotatable bonds is 10. The number of carbonyl (C=O) groups excluding carboxylic acids is 1. The van der Waals surface area contributed by atoms with Crippen LogP contribution in [0.25, 0.3) is 22.5 Å². The van der Waals surface area contributed by atoms with Crippen LogP contribution in [0, 0.1) is 6.92 Å². The lowest BCUT2D eigenvalue weighted by molar-refractivity contribution is -0.140. The first-order chi connectivity index (χ1) is 21.1. The molecule has 182 valence electrons. The molecule has 1 saturated carbocycles. The van der Waals surface area contributed by atoms with E-state index in [4.69, 9.17) is 21.7 Å². The normalized spacial score (nSPS) is 18.2. The first-order valence-corrected chi connectivity index (χ1v) is 11.0. The quantitative estimate of drug-likeness (QED) is 0.230. The smallest absolute Gasteiger partial charge is 0.314 e. The van der Waals surface area contributed by atoms with Crippen molar-refractivity contribution in [1.29, 1.82) is 0 Å². The molecular formula is C29H26N2O5. The van der Waals surface area contributed by atoms with E-state index in [9.17, 15) is 14.7 Å². The Kier molecular flexibility index (Phi) is 4.08. The van der Waals surface area contributed by atoms with Gasteiger partial charge in [-0.05, 0) is 48.4 Å². The molecule has 1 aromatic heterocycles. The Labute approximate surface area is 221 Å². The van der Waals surface area contributed by atoms with Gasteiger partial charge in [-0.25, -0.2) is 0 Å². The van der Waals surface area contributed by atoms with Crippen molar-refractivity contribution in [1.82, 2.24) is 5.16 Å². The van der Waals surface area contributed by atoms with Crippen molar-refractivity contribution in [3.63, 3.8) is 0 Å². The fourth-order valence-electron chi connectivity index (χ4n) is 3.92. The van der Waals surface area contributed by atoms with Gasteiger partial charge >= 0.3 is 5.97 Å². The van der Waals surface area contributed by atoms with Crippen LogP contribution < -0.4 is 5.06 Å². The summed E-state index contributed by atoms with van der Waals surface area (Å²) in [6, 6.07) is 9.61. The van der Waals surface area contributed by atoms with Gasteiger partial charge in [-0.1, -0.05) is 83.9 Å². The predicted octanol–water partition coefficient (Wildman–Crippen LogP) is 5.57. The number of nitrogens with zero attached hydrogens (tertiary/aromatic N) is 2. The molecule has 0 spiro atoms. The van der Waals surface area contributed by atoms with Crippen LogP contribution in [-0.4, -0.2) is 29.2 Å². The highest BCUT2D eigenvalue weighted by molar-refractivity contribution is 5.86. The highest BCUT2D eigenvalue weighted by atomic mass is 16.7. The molecule has 7 nitrogen and oxygen atoms in total. The third-order valence-electron chi connectivity index (χ3n) is 6.05. The summed E-state index contributed by atoms with van der Waals surface area (Å²) in [6.07, 6.45) is -2.08. The Morgan fingerprint density at radius 1 is 1.11 bits per heavy atom. The number of hydrogen-bond acceptors (Lipinski definition) is 5. The van der Waals surface area contributed by atoms with Gasteiger partial charge in [0.25, 0.3) is 0 Å². The number of amides is 1. The molecule has 0 unspecified atom stereocenters. The number of benzene rings is 3. The summed E-state index contributed by atoms with van der Waals surface area (Å²) in [6.45, 7) is -2.00. The summed E-state index contributed by atoms with van der Waals surface area (Å²) < 4.78 is 78.7. The van der Waals surface area contributed by atoms with E-state index >= 15 is 0 Å². The molecule has 1 N–H and O–H groups in total. The van der Waals surface area contributed by atoms with E-state index in [1.165, 1.54) is 6.92 Å². The summed E-state index contributed by atoms with van der Waals surface area (Å²) in [7, 11) is 0. The fourth-order valence-corrected chi connectivity index (χ4v) is 3.92. The van der Waals surface area contributed by atoms with Crippen LogP contribution in [0.2, 0.25) is 0 Å². The molecule has 1 aliphatic rings. The molecule has 1 fully saturated rings. The van der Waals surface area contributed by atoms with E-state index in [0.717, 1.165) is 16.7 Å². The van der Waals surface area contributed by atoms with Gasteiger partial charge < -0.3 is 9.63 Å². The lowest BCUT2D eigenvalue weighted by atomic mass is 9.93. The maximum atomic E-state index is 12.2. The van der Waals surface area contributed by atoms with Crippen LogP contribution in [0.15, 0.2) is 83.3 Å². The van der Waals surface area contributed by atoms with Crippen LogP contribution in [-0.2, 0) is 26.2 Å². The van der Waals surface area contributed by atoms with Crippen LogP contribution >= 0.6 is 0 Å². The average molecular weight is 492 g/mol. The van der Waals surface area contributed by atoms with E-state index in [1.54, 1.807) is 36.4 Å². The average Bonchev–Trinajstić information content (AvgIpc) is 3.74. The molecule has 0 atom stereocenters. The van der Waals surface area contributed by atoms with Crippen LogP contribution in [0.3, 0.4) is 0 Å². The molecule has 1 aliphatic carbocycles. The largest absolute Gasteiger partial charge is 0.481 e. The fraction of sp³-hybridized carbons (Fsp3) is 0.207. The second kappa shape index (κ2) is 9.79. The van der Waals surface area contributed by atoms with Crippen molar-refractivity contribution < 1.29 is 36.4 Å². The highest BCUT2D eigenvalue weighted by Crippen LogP contribution is 2.48. The molecule has 4 aromatic rings. The number of aryl methyl sites for hydroxylation is 1. The molecule has 0 radical (unpaired) electrons. The first kappa shape index (κ1) is 15.0. The monoisotopic (exact) mass is 491 g/mol. The minimum absolute atomic E-state index is 0.0159. The first-order valence-electron chi connectivity index (χ1n) is 15.5. The number of carbonyl (C=O) groups is 2. The van der Waals surface area contributed by atoms with E-state index in [0.29, 0.717) is 23.5 Å². The number of carboxylic acids is 1. The number of hydroxylamine groups is 1. The molecule has 3 aromatic carbocycles. The van der Waals surface area contributed by atoms with Crippen LogP contribution in [0.5, 0.6) is 0 Å². The van der Waals surface area contributed by atoms with Gasteiger partial charge in [-0.3, -0.25) is 14.4 Å². The summed E-state index contributed by atoms with van der Waals surface area (Å²) in [5.41, 5.74) is 0.885. The Balaban J connectivity index is 1.44. The molecule has 0 aliphatic heterocycles. The number of anilines is 1. The molecular weight excluding hydrogens is 456 g/mol. The number of aliphatic carboxylic acids is 1. The molecule has 5 rings (SSSR count). The predicted molar refractivity (Wildman–Crippen MR) is 135 cm³/mol. The van der Waals surface area contributed by atoms with Gasteiger partial charge in [0.05, 0.1) is 21.6 Å². The minimum atomic E-state index is -3.45. The topological polar surface area (TPSA) is 92.9 Å². The van der Waals surface area contributed by atoms with Gasteiger partial charge in [0, 0.05) is 8.30 Å². The Morgan fingerprint density at radius 2 is 1.72 bits per heavy atom. The number of aromatic nitrogens is 1. The zero-order valence-electron chi connectivity index (χ0n) is 28.1. The van der Waals surface area contributed by atoms with Crippen LogP contribution in [0.1, 0.15) is 42.0 Å². The third-order valence-corrected chi connectivity index (χ3v) is 6.05. The van der Waals surface area contributed by atoms with E-state index in [-0.39, 0.29) is 23.6 Å². The zero-order valence-corrected chi connectivity index (χ0v) is 19.1. The van der Waals surface area contributed by atoms with Gasteiger partial charge in [0.15, 0.2) is 5.76 Å². The Bertz CT molecular complexity index is 1780. The maximum absolute atomic E-state index is 12.2. The highest BCUT2D eigenvalue weighted by Gasteiger charge is 2.51. The molecule has 0 saturated heterocycles. The zero-order chi connectivity index (χ0) is 33.1. The molecule has 7 heteroatoms. The summed E-state index contributed by atoms with van der Waals surface area (Å²) in [5, 5.41) is 13.8.